The van der Waals surface area contributed by atoms with Gasteiger partial charge in [-0.05, 0) is 13.3 Å². The summed E-state index contributed by atoms with van der Waals surface area (Å²) in [7, 11) is 0. The zero-order chi connectivity index (χ0) is 4.99. The van der Waals surface area contributed by atoms with Crippen LogP contribution in [0.5, 0.6) is 0 Å². The summed E-state index contributed by atoms with van der Waals surface area (Å²) in [4.78, 5) is 0. The standard InChI is InChI=1S/C4H11NO.ClH/c1-4(5)2-3-6;/h4,6H,2-3,5H2,1H3;1H. The van der Waals surface area contributed by atoms with Crippen molar-refractivity contribution in [2.45, 2.75) is 19.4 Å². The number of aliphatic hydroxyl groups is 1. The van der Waals surface area contributed by atoms with Gasteiger partial charge in [-0.2, -0.15) is 0 Å². The van der Waals surface area contributed by atoms with Crippen LogP contribution in [0, 0.1) is 0 Å². The lowest BCUT2D eigenvalue weighted by atomic mass is 10.3. The van der Waals surface area contributed by atoms with Crippen molar-refractivity contribution in [3.63, 3.8) is 0 Å². The van der Waals surface area contributed by atoms with Gasteiger partial charge in [0.25, 0.3) is 0 Å². The molecule has 0 aromatic carbocycles. The molecule has 0 fully saturated rings. The Morgan fingerprint density at radius 1 is 1.71 bits per heavy atom. The predicted molar refractivity (Wildman–Crippen MR) is 32.6 cm³/mol. The first-order valence-electron chi connectivity index (χ1n) is 2.14. The van der Waals surface area contributed by atoms with Gasteiger partial charge < -0.3 is 10.8 Å². The van der Waals surface area contributed by atoms with E-state index in [4.69, 9.17) is 10.8 Å². The molecule has 0 bridgehead atoms. The first-order valence-corrected chi connectivity index (χ1v) is 2.14. The highest BCUT2D eigenvalue weighted by atomic mass is 35.5. The highest BCUT2D eigenvalue weighted by Gasteiger charge is 1.86. The molecule has 0 radical (unpaired) electrons. The fourth-order valence-electron chi connectivity index (χ4n) is 0.204. The van der Waals surface area contributed by atoms with Crippen molar-refractivity contribution in [1.29, 1.82) is 0 Å². The van der Waals surface area contributed by atoms with Gasteiger partial charge >= 0.3 is 0 Å². The summed E-state index contributed by atoms with van der Waals surface area (Å²) in [5.74, 6) is 0. The smallest absolute Gasteiger partial charge is 0.0445 e. The van der Waals surface area contributed by atoms with Gasteiger partial charge in [-0.1, -0.05) is 0 Å². The molecule has 0 rings (SSSR count). The fourth-order valence-corrected chi connectivity index (χ4v) is 0.204. The van der Waals surface area contributed by atoms with Gasteiger partial charge in [-0.15, -0.1) is 12.4 Å². The molecule has 1 atom stereocenters. The van der Waals surface area contributed by atoms with Crippen molar-refractivity contribution in [3.05, 3.63) is 0 Å². The molecule has 1 unspecified atom stereocenters. The van der Waals surface area contributed by atoms with E-state index >= 15 is 0 Å². The zero-order valence-electron chi connectivity index (χ0n) is 4.42. The molecule has 3 N–H and O–H groups in total. The molecule has 0 heterocycles. The highest BCUT2D eigenvalue weighted by Crippen LogP contribution is 1.79. The van der Waals surface area contributed by atoms with Crippen LogP contribution in [0.25, 0.3) is 0 Å². The Labute approximate surface area is 50.1 Å². The highest BCUT2D eigenvalue weighted by molar-refractivity contribution is 5.85. The molecular formula is C4H12ClNO. The quantitative estimate of drug-likeness (QED) is 0.552. The van der Waals surface area contributed by atoms with Crippen molar-refractivity contribution in [1.82, 2.24) is 0 Å². The summed E-state index contributed by atoms with van der Waals surface area (Å²) < 4.78 is 0. The minimum atomic E-state index is 0. The number of halogens is 1. The minimum Gasteiger partial charge on any atom is -0.396 e. The van der Waals surface area contributed by atoms with Crippen molar-refractivity contribution in [2.75, 3.05) is 6.61 Å². The molecule has 46 valence electrons. The van der Waals surface area contributed by atoms with Crippen molar-refractivity contribution in [2.24, 2.45) is 5.73 Å². The summed E-state index contributed by atoms with van der Waals surface area (Å²) in [5, 5.41) is 8.16. The first kappa shape index (κ1) is 10.2. The topological polar surface area (TPSA) is 46.2 Å². The number of hydrogen-bond acceptors (Lipinski definition) is 2. The third kappa shape index (κ3) is 10.7. The lowest BCUT2D eigenvalue weighted by molar-refractivity contribution is 0.279. The van der Waals surface area contributed by atoms with Gasteiger partial charge in [0.2, 0.25) is 0 Å². The number of hydrogen-bond donors (Lipinski definition) is 2. The molecule has 0 aromatic rings. The second-order valence-corrected chi connectivity index (χ2v) is 1.49. The van der Waals surface area contributed by atoms with Crippen LogP contribution < -0.4 is 5.73 Å². The van der Waals surface area contributed by atoms with E-state index in [0.717, 1.165) is 0 Å². The molecule has 0 amide bonds. The Morgan fingerprint density at radius 3 is 2.14 bits per heavy atom. The van der Waals surface area contributed by atoms with E-state index in [1.165, 1.54) is 0 Å². The molecule has 3 heteroatoms. The summed E-state index contributed by atoms with van der Waals surface area (Å²) in [6.07, 6.45) is 0.708. The van der Waals surface area contributed by atoms with Gasteiger partial charge in [0, 0.05) is 12.6 Å². The fraction of sp³-hybridized carbons (Fsp3) is 1.00. The molecule has 0 aliphatic rings. The van der Waals surface area contributed by atoms with Crippen LogP contribution in [0.1, 0.15) is 13.3 Å². The monoisotopic (exact) mass is 125 g/mol. The van der Waals surface area contributed by atoms with E-state index in [9.17, 15) is 0 Å². The summed E-state index contributed by atoms with van der Waals surface area (Å²) in [6, 6.07) is 0.148. The van der Waals surface area contributed by atoms with Crippen LogP contribution in [0.2, 0.25) is 0 Å². The molecule has 7 heavy (non-hydrogen) atoms. The maximum absolute atomic E-state index is 8.16. The van der Waals surface area contributed by atoms with Crippen LogP contribution >= 0.6 is 12.4 Å². The molecule has 0 saturated carbocycles. The van der Waals surface area contributed by atoms with Crippen LogP contribution in [-0.4, -0.2) is 17.8 Å². The SMILES string of the molecule is CC(N)CCO.Cl. The van der Waals surface area contributed by atoms with E-state index in [1.807, 2.05) is 6.92 Å². The average molecular weight is 126 g/mol. The summed E-state index contributed by atoms with van der Waals surface area (Å²) in [5.41, 5.74) is 5.24. The molecule has 0 saturated heterocycles. The molecule has 0 aliphatic heterocycles. The van der Waals surface area contributed by atoms with Gasteiger partial charge in [0.1, 0.15) is 0 Å². The maximum Gasteiger partial charge on any atom is 0.0445 e. The first-order chi connectivity index (χ1) is 2.77. The van der Waals surface area contributed by atoms with Crippen molar-refractivity contribution >= 4 is 12.4 Å². The molecular weight excluding hydrogens is 114 g/mol. The van der Waals surface area contributed by atoms with Crippen LogP contribution in [-0.2, 0) is 0 Å². The Hall–Kier alpha value is 0.210. The average Bonchev–Trinajstić information content (AvgIpc) is 1.35. The Balaban J connectivity index is 0. The Bertz CT molecular complexity index is 32.9. The third-order valence-corrected chi connectivity index (χ3v) is 0.584. The normalized spacial score (nSPS) is 12.4. The van der Waals surface area contributed by atoms with Gasteiger partial charge in [0.05, 0.1) is 0 Å². The van der Waals surface area contributed by atoms with Crippen LogP contribution in [0.4, 0.5) is 0 Å². The Kier molecular flexibility index (Phi) is 9.09. The van der Waals surface area contributed by atoms with E-state index in [0.29, 0.717) is 6.42 Å². The summed E-state index contributed by atoms with van der Waals surface area (Å²) >= 11 is 0. The van der Waals surface area contributed by atoms with E-state index in [1.54, 1.807) is 0 Å². The molecule has 0 spiro atoms. The molecule has 0 aliphatic carbocycles. The van der Waals surface area contributed by atoms with Gasteiger partial charge in [0.15, 0.2) is 0 Å². The Morgan fingerprint density at radius 2 is 2.14 bits per heavy atom. The van der Waals surface area contributed by atoms with Crippen molar-refractivity contribution in [3.8, 4) is 0 Å². The van der Waals surface area contributed by atoms with E-state index < -0.39 is 0 Å². The summed E-state index contributed by atoms with van der Waals surface area (Å²) in [6.45, 7) is 2.08. The lowest BCUT2D eigenvalue weighted by Crippen LogP contribution is -2.15. The van der Waals surface area contributed by atoms with Crippen LogP contribution in [0.3, 0.4) is 0 Å². The minimum absolute atomic E-state index is 0. The maximum atomic E-state index is 8.16. The third-order valence-electron chi connectivity index (χ3n) is 0.584. The molecule has 0 aromatic heterocycles. The zero-order valence-corrected chi connectivity index (χ0v) is 5.24. The number of rotatable bonds is 2. The second-order valence-electron chi connectivity index (χ2n) is 1.49. The van der Waals surface area contributed by atoms with Crippen molar-refractivity contribution < 1.29 is 5.11 Å². The van der Waals surface area contributed by atoms with Gasteiger partial charge in [-0.25, -0.2) is 0 Å². The number of aliphatic hydroxyl groups excluding tert-OH is 1. The molecule has 2 nitrogen and oxygen atoms in total. The number of nitrogens with two attached hydrogens (primary N) is 1. The van der Waals surface area contributed by atoms with E-state index in [2.05, 4.69) is 0 Å². The van der Waals surface area contributed by atoms with Gasteiger partial charge in [-0.3, -0.25) is 0 Å². The predicted octanol–water partition coefficient (Wildman–Crippen LogP) is 0.138. The largest absolute Gasteiger partial charge is 0.396 e. The lowest BCUT2D eigenvalue weighted by Gasteiger charge is -1.96. The second kappa shape index (κ2) is 6.21. The van der Waals surface area contributed by atoms with E-state index in [-0.39, 0.29) is 25.1 Å². The van der Waals surface area contributed by atoms with Crippen LogP contribution in [0.15, 0.2) is 0 Å².